The fraction of sp³-hybridized carbons (Fsp3) is 0.350. The second-order valence-corrected chi connectivity index (χ2v) is 9.44. The van der Waals surface area contributed by atoms with Gasteiger partial charge in [-0.1, -0.05) is 36.7 Å². The summed E-state index contributed by atoms with van der Waals surface area (Å²) in [4.78, 5) is 15.5. The summed E-state index contributed by atoms with van der Waals surface area (Å²) in [5, 5.41) is 6.25. The molecule has 0 saturated heterocycles. The van der Waals surface area contributed by atoms with Gasteiger partial charge in [0.25, 0.3) is 10.0 Å². The van der Waals surface area contributed by atoms with Gasteiger partial charge in [-0.25, -0.2) is 23.3 Å². The van der Waals surface area contributed by atoms with E-state index in [-0.39, 0.29) is 16.8 Å². The van der Waals surface area contributed by atoms with Crippen LogP contribution in [-0.4, -0.2) is 23.6 Å². The second-order valence-electron chi connectivity index (χ2n) is 7.35. The highest BCUT2D eigenvalue weighted by Gasteiger charge is 2.33. The first-order chi connectivity index (χ1) is 14.3. The van der Waals surface area contributed by atoms with Gasteiger partial charge in [-0.15, -0.1) is 5.10 Å². The fourth-order valence-corrected chi connectivity index (χ4v) is 5.22. The summed E-state index contributed by atoms with van der Waals surface area (Å²) in [6.07, 6.45) is 5.41. The second kappa shape index (κ2) is 8.33. The zero-order valence-electron chi connectivity index (χ0n) is 16.3. The van der Waals surface area contributed by atoms with Gasteiger partial charge in [0, 0.05) is 12.1 Å². The number of hydrogen-bond donors (Lipinski definition) is 2. The normalized spacial score (nSPS) is 16.1. The lowest BCUT2D eigenvalue weighted by Crippen LogP contribution is -2.33. The van der Waals surface area contributed by atoms with Gasteiger partial charge >= 0.3 is 5.76 Å². The van der Waals surface area contributed by atoms with Crippen LogP contribution in [0.2, 0.25) is 5.02 Å². The van der Waals surface area contributed by atoms with Gasteiger partial charge in [-0.3, -0.25) is 0 Å². The number of H-pyrrole nitrogens is 1. The van der Waals surface area contributed by atoms with E-state index < -0.39 is 21.8 Å². The SMILES string of the molecule is CC(c1cccc2c1CCCC2)C(NS(=O)(=O)c1ccc(Cl)cn1)c1n[nH]c(=O)o1. The van der Waals surface area contributed by atoms with Crippen LogP contribution in [0, 0.1) is 0 Å². The maximum Gasteiger partial charge on any atom is 0.434 e. The van der Waals surface area contributed by atoms with Gasteiger partial charge in [0.05, 0.1) is 5.02 Å². The van der Waals surface area contributed by atoms with Crippen LogP contribution in [0.1, 0.15) is 54.3 Å². The Hall–Kier alpha value is -2.49. The summed E-state index contributed by atoms with van der Waals surface area (Å²) in [6, 6.07) is 7.93. The third kappa shape index (κ3) is 4.19. The number of pyridine rings is 1. The Balaban J connectivity index is 1.74. The molecular weight excluding hydrogens is 428 g/mol. The van der Waals surface area contributed by atoms with Crippen LogP contribution in [0.5, 0.6) is 0 Å². The van der Waals surface area contributed by atoms with E-state index in [1.54, 1.807) is 0 Å². The number of nitrogens with zero attached hydrogens (tertiary/aromatic N) is 2. The Bertz CT molecular complexity index is 1200. The van der Waals surface area contributed by atoms with Crippen molar-refractivity contribution in [1.29, 1.82) is 0 Å². The lowest BCUT2D eigenvalue weighted by molar-refractivity contribution is 0.380. The van der Waals surface area contributed by atoms with Gasteiger partial charge < -0.3 is 4.42 Å². The molecule has 158 valence electrons. The van der Waals surface area contributed by atoms with Crippen LogP contribution in [0.3, 0.4) is 0 Å². The van der Waals surface area contributed by atoms with E-state index in [9.17, 15) is 13.2 Å². The minimum atomic E-state index is -4.03. The van der Waals surface area contributed by atoms with Crippen LogP contribution in [0.25, 0.3) is 0 Å². The molecule has 10 heteroatoms. The number of benzene rings is 1. The summed E-state index contributed by atoms with van der Waals surface area (Å²) >= 11 is 5.82. The summed E-state index contributed by atoms with van der Waals surface area (Å²) < 4.78 is 33.7. The van der Waals surface area contributed by atoms with Gasteiger partial charge in [-0.2, -0.15) is 4.72 Å². The highest BCUT2D eigenvalue weighted by molar-refractivity contribution is 7.89. The molecule has 2 N–H and O–H groups in total. The molecule has 1 aliphatic carbocycles. The standard InChI is InChI=1S/C20H21ClN4O4S/c1-12(15-8-4-6-13-5-2-3-7-16(13)15)18(19-23-24-20(26)29-19)25-30(27,28)17-10-9-14(21)11-22-17/h4,6,8-12,18,25H,2-3,5,7H2,1H3,(H,24,26). The first-order valence-electron chi connectivity index (χ1n) is 9.65. The predicted octanol–water partition coefficient (Wildman–Crippen LogP) is 3.11. The molecule has 0 amide bonds. The maximum absolute atomic E-state index is 13.0. The lowest BCUT2D eigenvalue weighted by Gasteiger charge is -2.27. The third-order valence-electron chi connectivity index (χ3n) is 5.40. The number of rotatable bonds is 6. The van der Waals surface area contributed by atoms with Gasteiger partial charge in [-0.05, 0) is 54.5 Å². The van der Waals surface area contributed by atoms with E-state index >= 15 is 0 Å². The number of sulfonamides is 1. The van der Waals surface area contributed by atoms with Crippen LogP contribution in [-0.2, 0) is 22.9 Å². The number of hydrogen-bond acceptors (Lipinski definition) is 6. The highest BCUT2D eigenvalue weighted by Crippen LogP contribution is 2.36. The minimum absolute atomic E-state index is 0.0292. The zero-order valence-corrected chi connectivity index (χ0v) is 17.8. The molecule has 0 radical (unpaired) electrons. The Kier molecular flexibility index (Phi) is 5.77. The van der Waals surface area contributed by atoms with E-state index in [0.717, 1.165) is 31.2 Å². The highest BCUT2D eigenvalue weighted by atomic mass is 35.5. The number of fused-ring (bicyclic) bond motifs is 1. The molecule has 2 unspecified atom stereocenters. The molecule has 1 aliphatic rings. The molecule has 0 bridgehead atoms. The third-order valence-corrected chi connectivity index (χ3v) is 6.98. The van der Waals surface area contributed by atoms with Gasteiger partial charge in [0.2, 0.25) is 5.89 Å². The molecule has 2 atom stereocenters. The van der Waals surface area contributed by atoms with Crippen molar-refractivity contribution in [3.8, 4) is 0 Å². The summed E-state index contributed by atoms with van der Waals surface area (Å²) in [5.41, 5.74) is 3.51. The van der Waals surface area contributed by atoms with Crippen molar-refractivity contribution in [3.63, 3.8) is 0 Å². The molecule has 4 rings (SSSR count). The first-order valence-corrected chi connectivity index (χ1v) is 11.5. The largest absolute Gasteiger partial charge is 0.434 e. The molecular formula is C20H21ClN4O4S. The van der Waals surface area contributed by atoms with Crippen molar-refractivity contribution < 1.29 is 12.8 Å². The molecule has 0 spiro atoms. The van der Waals surface area contributed by atoms with Crippen molar-refractivity contribution in [3.05, 3.63) is 74.7 Å². The Labute approximate surface area is 178 Å². The summed E-state index contributed by atoms with van der Waals surface area (Å²) in [6.45, 7) is 1.89. The van der Waals surface area contributed by atoms with Crippen molar-refractivity contribution in [2.75, 3.05) is 0 Å². The quantitative estimate of drug-likeness (QED) is 0.598. The molecule has 0 saturated carbocycles. The van der Waals surface area contributed by atoms with Crippen molar-refractivity contribution in [2.24, 2.45) is 0 Å². The van der Waals surface area contributed by atoms with E-state index in [1.807, 2.05) is 19.1 Å². The number of aryl methyl sites for hydroxylation is 1. The van der Waals surface area contributed by atoms with E-state index in [0.29, 0.717) is 5.02 Å². The summed E-state index contributed by atoms with van der Waals surface area (Å²) in [5.74, 6) is -1.12. The van der Waals surface area contributed by atoms with Crippen LogP contribution in [0.4, 0.5) is 0 Å². The minimum Gasteiger partial charge on any atom is -0.391 e. The number of nitrogens with one attached hydrogen (secondary N) is 2. The average molecular weight is 449 g/mol. The molecule has 0 aliphatic heterocycles. The van der Waals surface area contributed by atoms with Crippen molar-refractivity contribution >= 4 is 21.6 Å². The van der Waals surface area contributed by atoms with Crippen LogP contribution < -0.4 is 10.5 Å². The summed E-state index contributed by atoms with van der Waals surface area (Å²) in [7, 11) is -4.03. The number of aromatic amines is 1. The Morgan fingerprint density at radius 2 is 2.00 bits per heavy atom. The first kappa shape index (κ1) is 20.8. The predicted molar refractivity (Wildman–Crippen MR) is 111 cm³/mol. The average Bonchev–Trinajstić information content (AvgIpc) is 3.17. The number of halogens is 1. The van der Waals surface area contributed by atoms with E-state index in [1.165, 1.54) is 29.5 Å². The van der Waals surface area contributed by atoms with Crippen LogP contribution >= 0.6 is 11.6 Å². The van der Waals surface area contributed by atoms with E-state index in [4.69, 9.17) is 16.0 Å². The smallest absolute Gasteiger partial charge is 0.391 e. The maximum atomic E-state index is 13.0. The van der Waals surface area contributed by atoms with Crippen molar-refractivity contribution in [2.45, 2.75) is 49.6 Å². The van der Waals surface area contributed by atoms with Gasteiger partial charge in [0.1, 0.15) is 6.04 Å². The molecule has 2 heterocycles. The Morgan fingerprint density at radius 1 is 1.20 bits per heavy atom. The molecule has 2 aromatic heterocycles. The molecule has 0 fully saturated rings. The topological polar surface area (TPSA) is 118 Å². The Morgan fingerprint density at radius 3 is 2.70 bits per heavy atom. The monoisotopic (exact) mass is 448 g/mol. The van der Waals surface area contributed by atoms with Crippen molar-refractivity contribution in [1.82, 2.24) is 19.9 Å². The molecule has 8 nitrogen and oxygen atoms in total. The lowest BCUT2D eigenvalue weighted by atomic mass is 9.82. The molecule has 1 aromatic carbocycles. The fourth-order valence-electron chi connectivity index (χ4n) is 3.91. The number of aromatic nitrogens is 3. The van der Waals surface area contributed by atoms with Crippen LogP contribution in [0.15, 0.2) is 50.8 Å². The zero-order chi connectivity index (χ0) is 21.3. The van der Waals surface area contributed by atoms with Gasteiger partial charge in [0.15, 0.2) is 5.03 Å². The van der Waals surface area contributed by atoms with E-state index in [2.05, 4.69) is 26.0 Å². The molecule has 30 heavy (non-hydrogen) atoms. The molecule has 3 aromatic rings.